The number of aromatic nitrogens is 3. The summed E-state index contributed by atoms with van der Waals surface area (Å²) < 4.78 is 18.1. The molecular weight excluding hydrogens is 278 g/mol. The lowest BCUT2D eigenvalue weighted by molar-refractivity contribution is 0.187. The highest BCUT2D eigenvalue weighted by atomic mass is 32.1. The van der Waals surface area contributed by atoms with Crippen molar-refractivity contribution in [2.45, 2.75) is 6.54 Å². The Balaban J connectivity index is 2.48. The van der Waals surface area contributed by atoms with Gasteiger partial charge < -0.3 is 14.2 Å². The van der Waals surface area contributed by atoms with Gasteiger partial charge in [0.1, 0.15) is 11.5 Å². The Morgan fingerprint density at radius 2 is 2.05 bits per heavy atom. The van der Waals surface area contributed by atoms with Gasteiger partial charge in [-0.3, -0.25) is 9.67 Å². The van der Waals surface area contributed by atoms with Crippen molar-refractivity contribution in [1.82, 2.24) is 14.8 Å². The lowest BCUT2D eigenvalue weighted by Gasteiger charge is -2.11. The average Bonchev–Trinajstić information content (AvgIpc) is 2.85. The Bertz CT molecular complexity index is 636. The molecule has 0 bridgehead atoms. The van der Waals surface area contributed by atoms with E-state index in [4.69, 9.17) is 26.4 Å². The molecule has 0 saturated carbocycles. The van der Waals surface area contributed by atoms with Gasteiger partial charge in [-0.25, -0.2) is 0 Å². The van der Waals surface area contributed by atoms with Crippen LogP contribution in [-0.4, -0.2) is 42.7 Å². The van der Waals surface area contributed by atoms with Crippen molar-refractivity contribution in [2.75, 3.05) is 27.9 Å². The van der Waals surface area contributed by atoms with E-state index in [0.717, 1.165) is 11.3 Å². The predicted molar refractivity (Wildman–Crippen MR) is 77.8 cm³/mol. The molecule has 108 valence electrons. The minimum Gasteiger partial charge on any atom is -0.497 e. The van der Waals surface area contributed by atoms with Gasteiger partial charge in [0.15, 0.2) is 10.6 Å². The number of ether oxygens (including phenoxy) is 3. The van der Waals surface area contributed by atoms with Crippen molar-refractivity contribution in [3.63, 3.8) is 0 Å². The first-order valence-corrected chi connectivity index (χ1v) is 6.48. The quantitative estimate of drug-likeness (QED) is 0.828. The van der Waals surface area contributed by atoms with Gasteiger partial charge in [-0.05, 0) is 24.4 Å². The van der Waals surface area contributed by atoms with Gasteiger partial charge in [0, 0.05) is 13.2 Å². The third-order valence-corrected chi connectivity index (χ3v) is 3.24. The third kappa shape index (κ3) is 2.83. The topological polar surface area (TPSA) is 61.3 Å². The van der Waals surface area contributed by atoms with Gasteiger partial charge in [0.2, 0.25) is 0 Å². The summed E-state index contributed by atoms with van der Waals surface area (Å²) in [5, 5.41) is 7.07. The van der Waals surface area contributed by atoms with Gasteiger partial charge in [-0.2, -0.15) is 5.10 Å². The molecule has 2 rings (SSSR count). The summed E-state index contributed by atoms with van der Waals surface area (Å²) in [5.74, 6) is 2.12. The zero-order chi connectivity index (χ0) is 14.5. The van der Waals surface area contributed by atoms with Crippen LogP contribution in [0.2, 0.25) is 0 Å². The van der Waals surface area contributed by atoms with Crippen LogP contribution in [0.3, 0.4) is 0 Å². The van der Waals surface area contributed by atoms with Crippen molar-refractivity contribution in [3.8, 4) is 22.9 Å². The Labute approximate surface area is 122 Å². The molecule has 0 radical (unpaired) electrons. The smallest absolute Gasteiger partial charge is 0.195 e. The normalized spacial score (nSPS) is 10.6. The van der Waals surface area contributed by atoms with Gasteiger partial charge in [0.25, 0.3) is 0 Å². The summed E-state index contributed by atoms with van der Waals surface area (Å²) in [6, 6.07) is 5.57. The second-order valence-corrected chi connectivity index (χ2v) is 4.45. The van der Waals surface area contributed by atoms with E-state index in [2.05, 4.69) is 10.2 Å². The molecule has 1 aromatic heterocycles. The second kappa shape index (κ2) is 6.53. The Morgan fingerprint density at radius 3 is 2.70 bits per heavy atom. The first kappa shape index (κ1) is 14.5. The maximum absolute atomic E-state index is 5.40. The minimum atomic E-state index is 0.551. The largest absolute Gasteiger partial charge is 0.497 e. The minimum absolute atomic E-state index is 0.551. The summed E-state index contributed by atoms with van der Waals surface area (Å²) in [4.78, 5) is 0. The average molecular weight is 295 g/mol. The molecule has 0 fully saturated rings. The number of methoxy groups -OCH3 is 3. The molecule has 6 nitrogen and oxygen atoms in total. The van der Waals surface area contributed by atoms with Crippen molar-refractivity contribution in [2.24, 2.45) is 0 Å². The molecule has 0 aliphatic carbocycles. The number of H-pyrrole nitrogens is 1. The Hall–Kier alpha value is -1.86. The summed E-state index contributed by atoms with van der Waals surface area (Å²) in [7, 11) is 4.87. The molecule has 0 saturated heterocycles. The van der Waals surface area contributed by atoms with Crippen LogP contribution >= 0.6 is 12.2 Å². The lowest BCUT2D eigenvalue weighted by Crippen LogP contribution is -2.06. The van der Waals surface area contributed by atoms with Gasteiger partial charge in [0.05, 0.1) is 32.9 Å². The fraction of sp³-hybridized carbons (Fsp3) is 0.385. The van der Waals surface area contributed by atoms with Crippen molar-refractivity contribution in [3.05, 3.63) is 23.0 Å². The monoisotopic (exact) mass is 295 g/mol. The number of nitrogens with one attached hydrogen (secondary N) is 1. The molecule has 0 unspecified atom stereocenters. The van der Waals surface area contributed by atoms with Crippen molar-refractivity contribution in [1.29, 1.82) is 0 Å². The van der Waals surface area contributed by atoms with Crippen LogP contribution in [0.5, 0.6) is 11.5 Å². The number of benzene rings is 1. The van der Waals surface area contributed by atoms with Crippen LogP contribution in [0.1, 0.15) is 0 Å². The van der Waals surface area contributed by atoms with E-state index >= 15 is 0 Å². The van der Waals surface area contributed by atoms with E-state index < -0.39 is 0 Å². The van der Waals surface area contributed by atoms with Crippen molar-refractivity contribution >= 4 is 12.2 Å². The number of hydrogen-bond acceptors (Lipinski definition) is 5. The molecule has 20 heavy (non-hydrogen) atoms. The Kier molecular flexibility index (Phi) is 4.75. The predicted octanol–water partition coefficient (Wildman–Crippen LogP) is 2.27. The molecular formula is C13H17N3O3S. The van der Waals surface area contributed by atoms with E-state index in [0.29, 0.717) is 29.5 Å². The standard InChI is InChI=1S/C13H17N3O3S/c1-17-7-6-16-12(14-15-13(16)20)10-5-4-9(18-2)8-11(10)19-3/h4-5,8H,6-7H2,1-3H3,(H,15,20). The van der Waals surface area contributed by atoms with Crippen LogP contribution in [0, 0.1) is 4.77 Å². The van der Waals surface area contributed by atoms with E-state index in [1.807, 2.05) is 22.8 Å². The molecule has 2 aromatic rings. The fourth-order valence-electron chi connectivity index (χ4n) is 1.90. The van der Waals surface area contributed by atoms with E-state index in [1.165, 1.54) is 0 Å². The summed E-state index contributed by atoms with van der Waals surface area (Å²) in [5.41, 5.74) is 0.844. The zero-order valence-corrected chi connectivity index (χ0v) is 12.5. The van der Waals surface area contributed by atoms with E-state index in [-0.39, 0.29) is 0 Å². The fourth-order valence-corrected chi connectivity index (χ4v) is 2.12. The van der Waals surface area contributed by atoms with E-state index in [1.54, 1.807) is 21.3 Å². The maximum Gasteiger partial charge on any atom is 0.195 e. The van der Waals surface area contributed by atoms with Gasteiger partial charge >= 0.3 is 0 Å². The maximum atomic E-state index is 5.40. The number of rotatable bonds is 6. The van der Waals surface area contributed by atoms with E-state index in [9.17, 15) is 0 Å². The molecule has 0 amide bonds. The van der Waals surface area contributed by atoms with Gasteiger partial charge in [-0.1, -0.05) is 0 Å². The first-order valence-electron chi connectivity index (χ1n) is 6.07. The molecule has 0 spiro atoms. The highest BCUT2D eigenvalue weighted by Gasteiger charge is 2.14. The Morgan fingerprint density at radius 1 is 1.25 bits per heavy atom. The van der Waals surface area contributed by atoms with Crippen LogP contribution in [-0.2, 0) is 11.3 Å². The summed E-state index contributed by atoms with van der Waals surface area (Å²) >= 11 is 5.24. The van der Waals surface area contributed by atoms with Crippen LogP contribution in [0.4, 0.5) is 0 Å². The summed E-state index contributed by atoms with van der Waals surface area (Å²) in [6.07, 6.45) is 0. The van der Waals surface area contributed by atoms with Crippen LogP contribution < -0.4 is 9.47 Å². The second-order valence-electron chi connectivity index (χ2n) is 4.06. The number of hydrogen-bond donors (Lipinski definition) is 1. The van der Waals surface area contributed by atoms with Crippen molar-refractivity contribution < 1.29 is 14.2 Å². The molecule has 7 heteroatoms. The molecule has 1 heterocycles. The first-order chi connectivity index (χ1) is 9.71. The molecule has 1 aromatic carbocycles. The molecule has 0 aliphatic rings. The molecule has 1 N–H and O–H groups in total. The van der Waals surface area contributed by atoms with Crippen LogP contribution in [0.25, 0.3) is 11.4 Å². The molecule has 0 aliphatic heterocycles. The number of aromatic amines is 1. The molecule has 0 atom stereocenters. The SMILES string of the molecule is COCCn1c(-c2ccc(OC)cc2OC)n[nH]c1=S. The third-order valence-electron chi connectivity index (χ3n) is 2.93. The lowest BCUT2D eigenvalue weighted by atomic mass is 10.1. The zero-order valence-electron chi connectivity index (χ0n) is 11.7. The van der Waals surface area contributed by atoms with Gasteiger partial charge in [-0.15, -0.1) is 0 Å². The van der Waals surface area contributed by atoms with Crippen LogP contribution in [0.15, 0.2) is 18.2 Å². The highest BCUT2D eigenvalue weighted by molar-refractivity contribution is 7.71. The highest BCUT2D eigenvalue weighted by Crippen LogP contribution is 2.32. The number of nitrogens with zero attached hydrogens (tertiary/aromatic N) is 2. The summed E-state index contributed by atoms with van der Waals surface area (Å²) in [6.45, 7) is 1.18.